The summed E-state index contributed by atoms with van der Waals surface area (Å²) in [6, 6.07) is 3.77. The van der Waals surface area contributed by atoms with Gasteiger partial charge in [-0.3, -0.25) is 0 Å². The van der Waals surface area contributed by atoms with Crippen LogP contribution in [0.25, 0.3) is 0 Å². The molecule has 1 heterocycles. The first-order valence-corrected chi connectivity index (χ1v) is 7.11. The van der Waals surface area contributed by atoms with Crippen LogP contribution in [0.15, 0.2) is 24.3 Å². The first-order chi connectivity index (χ1) is 9.22. The predicted molar refractivity (Wildman–Crippen MR) is 76.1 cm³/mol. The Hall–Kier alpha value is -1.35. The van der Waals surface area contributed by atoms with Gasteiger partial charge in [-0.2, -0.15) is 0 Å². The Kier molecular flexibility index (Phi) is 4.97. The van der Waals surface area contributed by atoms with Crippen LogP contribution in [0.1, 0.15) is 37.9 Å². The molecule has 2 rings (SSSR count). The van der Waals surface area contributed by atoms with E-state index in [0.29, 0.717) is 24.3 Å². The molecule has 19 heavy (non-hydrogen) atoms. The molecule has 1 aromatic rings. The number of nitrogens with zero attached hydrogens (tertiary/aromatic N) is 1. The highest BCUT2D eigenvalue weighted by Gasteiger charge is 2.19. The molecular weight excluding hydrogens is 238 g/mol. The molecule has 2 atom stereocenters. The van der Waals surface area contributed by atoms with Crippen LogP contribution in [-0.2, 0) is 13.0 Å². The molecule has 0 aromatic carbocycles. The summed E-state index contributed by atoms with van der Waals surface area (Å²) in [5.74, 6) is 1.87. The molecule has 0 radical (unpaired) electrons. The van der Waals surface area contributed by atoms with E-state index in [4.69, 9.17) is 4.74 Å². The number of ether oxygens (including phenoxy) is 1. The molecule has 104 valence electrons. The van der Waals surface area contributed by atoms with Crippen LogP contribution >= 0.6 is 0 Å². The number of hydrogen-bond donors (Lipinski definition) is 1. The van der Waals surface area contributed by atoms with Gasteiger partial charge >= 0.3 is 0 Å². The third-order valence-corrected chi connectivity index (χ3v) is 3.82. The fourth-order valence-corrected chi connectivity index (χ4v) is 2.40. The minimum atomic E-state index is 0.0362. The molecule has 1 aliphatic rings. The lowest BCUT2D eigenvalue weighted by molar-refractivity contribution is 0.191. The maximum Gasteiger partial charge on any atom is 0.213 e. The monoisotopic (exact) mass is 261 g/mol. The number of aromatic nitrogens is 1. The molecule has 1 aromatic heterocycles. The summed E-state index contributed by atoms with van der Waals surface area (Å²) in [6.45, 7) is 5.07. The highest BCUT2D eigenvalue weighted by Crippen LogP contribution is 2.25. The maximum absolute atomic E-state index is 9.25. The van der Waals surface area contributed by atoms with Crippen LogP contribution in [0.3, 0.4) is 0 Å². The maximum atomic E-state index is 9.25. The van der Waals surface area contributed by atoms with Crippen LogP contribution in [-0.4, -0.2) is 16.7 Å². The molecule has 0 bridgehead atoms. The zero-order valence-corrected chi connectivity index (χ0v) is 11.8. The summed E-state index contributed by atoms with van der Waals surface area (Å²) in [7, 11) is 0. The molecule has 3 heteroatoms. The Balaban J connectivity index is 2.00. The summed E-state index contributed by atoms with van der Waals surface area (Å²) in [5, 5.41) is 9.25. The number of allylic oxidation sites excluding steroid dienone is 2. The van der Waals surface area contributed by atoms with Crippen molar-refractivity contribution in [1.82, 2.24) is 4.98 Å². The van der Waals surface area contributed by atoms with Crippen molar-refractivity contribution in [3.8, 4) is 5.88 Å². The van der Waals surface area contributed by atoms with E-state index >= 15 is 0 Å². The summed E-state index contributed by atoms with van der Waals surface area (Å²) in [6.07, 6.45) is 7.57. The molecule has 0 saturated heterocycles. The SMILES string of the molecule is CCc1cc(CO)cc(OCC2CC=CCC2C)n1. The molecule has 0 spiro atoms. The van der Waals surface area contributed by atoms with E-state index in [1.807, 2.05) is 12.1 Å². The summed E-state index contributed by atoms with van der Waals surface area (Å²) in [5.41, 5.74) is 1.84. The van der Waals surface area contributed by atoms with E-state index in [2.05, 4.69) is 31.0 Å². The lowest BCUT2D eigenvalue weighted by Crippen LogP contribution is -2.21. The second kappa shape index (κ2) is 6.71. The minimum Gasteiger partial charge on any atom is -0.477 e. The van der Waals surface area contributed by atoms with Gasteiger partial charge in [-0.25, -0.2) is 4.98 Å². The number of hydrogen-bond acceptors (Lipinski definition) is 3. The van der Waals surface area contributed by atoms with E-state index in [1.54, 1.807) is 0 Å². The van der Waals surface area contributed by atoms with Gasteiger partial charge in [0.25, 0.3) is 0 Å². The Morgan fingerprint density at radius 1 is 1.32 bits per heavy atom. The quantitative estimate of drug-likeness (QED) is 0.828. The van der Waals surface area contributed by atoms with Gasteiger partial charge in [-0.05, 0) is 42.7 Å². The van der Waals surface area contributed by atoms with Crippen molar-refractivity contribution < 1.29 is 9.84 Å². The van der Waals surface area contributed by atoms with E-state index < -0.39 is 0 Å². The lowest BCUT2D eigenvalue weighted by Gasteiger charge is -2.25. The first-order valence-electron chi connectivity index (χ1n) is 7.11. The summed E-state index contributed by atoms with van der Waals surface area (Å²) < 4.78 is 5.84. The van der Waals surface area contributed by atoms with Crippen LogP contribution in [0.4, 0.5) is 0 Å². The molecule has 3 nitrogen and oxygen atoms in total. The molecule has 0 fully saturated rings. The number of rotatable bonds is 5. The van der Waals surface area contributed by atoms with Crippen LogP contribution in [0.2, 0.25) is 0 Å². The average Bonchev–Trinajstić information content (AvgIpc) is 2.46. The second-order valence-electron chi connectivity index (χ2n) is 5.31. The lowest BCUT2D eigenvalue weighted by atomic mass is 9.85. The first kappa shape index (κ1) is 14.1. The van der Waals surface area contributed by atoms with Gasteiger partial charge in [-0.15, -0.1) is 0 Å². The highest BCUT2D eigenvalue weighted by molar-refractivity contribution is 5.24. The largest absolute Gasteiger partial charge is 0.477 e. The van der Waals surface area contributed by atoms with Gasteiger partial charge in [0.2, 0.25) is 5.88 Å². The van der Waals surface area contributed by atoms with Crippen LogP contribution in [0.5, 0.6) is 5.88 Å². The van der Waals surface area contributed by atoms with Gasteiger partial charge in [0.15, 0.2) is 0 Å². The summed E-state index contributed by atoms with van der Waals surface area (Å²) in [4.78, 5) is 4.46. The zero-order valence-electron chi connectivity index (χ0n) is 11.8. The Bertz CT molecular complexity index is 420. The van der Waals surface area contributed by atoms with Crippen molar-refractivity contribution in [2.75, 3.05) is 6.61 Å². The number of pyridine rings is 1. The fraction of sp³-hybridized carbons (Fsp3) is 0.562. The van der Waals surface area contributed by atoms with E-state index in [1.165, 1.54) is 0 Å². The third-order valence-electron chi connectivity index (χ3n) is 3.82. The van der Waals surface area contributed by atoms with Gasteiger partial charge in [-0.1, -0.05) is 26.0 Å². The van der Waals surface area contributed by atoms with Gasteiger partial charge < -0.3 is 9.84 Å². The molecule has 1 N–H and O–H groups in total. The Morgan fingerprint density at radius 3 is 2.79 bits per heavy atom. The van der Waals surface area contributed by atoms with Gasteiger partial charge in [0.05, 0.1) is 13.2 Å². The van der Waals surface area contributed by atoms with Gasteiger partial charge in [0.1, 0.15) is 0 Å². The summed E-state index contributed by atoms with van der Waals surface area (Å²) >= 11 is 0. The van der Waals surface area contributed by atoms with Crippen molar-refractivity contribution in [3.05, 3.63) is 35.5 Å². The van der Waals surface area contributed by atoms with Crippen molar-refractivity contribution in [1.29, 1.82) is 0 Å². The fourth-order valence-electron chi connectivity index (χ4n) is 2.40. The van der Waals surface area contributed by atoms with E-state index in [0.717, 1.165) is 30.5 Å². The molecule has 0 aliphatic heterocycles. The smallest absolute Gasteiger partial charge is 0.213 e. The van der Waals surface area contributed by atoms with Crippen molar-refractivity contribution in [2.45, 2.75) is 39.7 Å². The number of aliphatic hydroxyl groups is 1. The van der Waals surface area contributed by atoms with Crippen molar-refractivity contribution in [3.63, 3.8) is 0 Å². The standard InChI is InChI=1S/C16H23NO2/c1-3-15-8-13(10-18)9-16(17-15)19-11-14-7-5-4-6-12(14)2/h4-5,8-9,12,14,18H,3,6-7,10-11H2,1-2H3. The van der Waals surface area contributed by atoms with Crippen LogP contribution in [0, 0.1) is 11.8 Å². The van der Waals surface area contributed by atoms with Crippen molar-refractivity contribution in [2.24, 2.45) is 11.8 Å². The van der Waals surface area contributed by atoms with E-state index in [9.17, 15) is 5.11 Å². The number of aliphatic hydroxyl groups excluding tert-OH is 1. The third kappa shape index (κ3) is 3.80. The zero-order chi connectivity index (χ0) is 13.7. The average molecular weight is 261 g/mol. The number of aryl methyl sites for hydroxylation is 1. The Labute approximate surface area is 115 Å². The molecule has 0 saturated carbocycles. The Morgan fingerprint density at radius 2 is 2.11 bits per heavy atom. The molecule has 0 amide bonds. The van der Waals surface area contributed by atoms with Crippen LogP contribution < -0.4 is 4.74 Å². The highest BCUT2D eigenvalue weighted by atomic mass is 16.5. The van der Waals surface area contributed by atoms with Gasteiger partial charge in [0, 0.05) is 11.8 Å². The van der Waals surface area contributed by atoms with E-state index in [-0.39, 0.29) is 6.61 Å². The normalized spacial score (nSPS) is 22.5. The molecular formula is C16H23NO2. The molecule has 2 unspecified atom stereocenters. The second-order valence-corrected chi connectivity index (χ2v) is 5.31. The minimum absolute atomic E-state index is 0.0362. The van der Waals surface area contributed by atoms with Crippen molar-refractivity contribution >= 4 is 0 Å². The topological polar surface area (TPSA) is 42.4 Å². The predicted octanol–water partition coefficient (Wildman–Crippen LogP) is 3.12. The molecule has 1 aliphatic carbocycles.